The van der Waals surface area contributed by atoms with Crippen LogP contribution in [0.4, 0.5) is 79.0 Å². The first-order valence-corrected chi connectivity index (χ1v) is 9.62. The fraction of sp³-hybridized carbons (Fsp3) is 1.00. The Balaban J connectivity index is 0. The van der Waals surface area contributed by atoms with E-state index in [1.54, 1.807) is 0 Å². The maximum Gasteiger partial charge on any atom is 0.559 e. The summed E-state index contributed by atoms with van der Waals surface area (Å²) in [4.78, 5) is 0. The number of hydrogen-bond donors (Lipinski definition) is 0. The van der Waals surface area contributed by atoms with E-state index in [1.165, 1.54) is 13.8 Å². The maximum atomic E-state index is 12.6. The van der Waals surface area contributed by atoms with Crippen molar-refractivity contribution >= 4 is 0 Å². The van der Waals surface area contributed by atoms with E-state index >= 15 is 0 Å². The molecule has 2 rings (SSSR count). The molecule has 0 saturated carbocycles. The first kappa shape index (κ1) is 39.7. The van der Waals surface area contributed by atoms with Crippen molar-refractivity contribution in [2.24, 2.45) is 0 Å². The van der Waals surface area contributed by atoms with E-state index in [-0.39, 0.29) is 26.4 Å². The molecule has 39 heavy (non-hydrogen) atoms. The van der Waals surface area contributed by atoms with Crippen molar-refractivity contribution in [3.05, 3.63) is 0 Å². The summed E-state index contributed by atoms with van der Waals surface area (Å²) in [5.74, 6) is -23.5. The summed E-state index contributed by atoms with van der Waals surface area (Å²) in [6.07, 6.45) is -19.4. The molecule has 22 heteroatoms. The molecule has 4 nitrogen and oxygen atoms in total. The van der Waals surface area contributed by atoms with Gasteiger partial charge in [-0.05, 0) is 13.8 Å². The zero-order chi connectivity index (χ0) is 32.2. The van der Waals surface area contributed by atoms with Crippen LogP contribution in [-0.4, -0.2) is 80.5 Å². The van der Waals surface area contributed by atoms with Crippen LogP contribution in [0.2, 0.25) is 0 Å². The molecule has 2 heterocycles. The van der Waals surface area contributed by atoms with Gasteiger partial charge in [0.2, 0.25) is 11.6 Å². The normalized spacial score (nSPS) is 20.2. The van der Waals surface area contributed by atoms with E-state index in [0.717, 1.165) is 13.8 Å². The molecule has 2 aliphatic rings. The van der Waals surface area contributed by atoms with Crippen molar-refractivity contribution in [1.29, 1.82) is 0 Å². The summed E-state index contributed by atoms with van der Waals surface area (Å²) in [5.41, 5.74) is 0. The second-order valence-electron chi connectivity index (χ2n) is 7.63. The summed E-state index contributed by atoms with van der Waals surface area (Å²) in [5, 5.41) is 0. The lowest BCUT2D eigenvalue weighted by atomic mass is 10.1. The van der Waals surface area contributed by atoms with Crippen LogP contribution in [0.5, 0.6) is 0 Å². The molecule has 0 spiro atoms. The maximum absolute atomic E-state index is 12.6. The third kappa shape index (κ3) is 11.5. The van der Waals surface area contributed by atoms with Crippen molar-refractivity contribution in [2.75, 3.05) is 26.4 Å². The van der Waals surface area contributed by atoms with Crippen LogP contribution in [0.15, 0.2) is 0 Å². The molecular formula is C17H20F18O4. The minimum absolute atomic E-state index is 0.250. The molecular weight excluding hydrogens is 610 g/mol. The number of halogens is 18. The average molecular weight is 630 g/mol. The highest BCUT2D eigenvalue weighted by atomic mass is 19.5. The van der Waals surface area contributed by atoms with Crippen LogP contribution < -0.4 is 0 Å². The predicted molar refractivity (Wildman–Crippen MR) is 91.0 cm³/mol. The van der Waals surface area contributed by atoms with Gasteiger partial charge in [0.1, 0.15) is 0 Å². The topological polar surface area (TPSA) is 36.9 Å². The molecule has 2 fully saturated rings. The highest BCUT2D eigenvalue weighted by Crippen LogP contribution is 2.53. The van der Waals surface area contributed by atoms with Gasteiger partial charge in [0.25, 0.3) is 11.8 Å². The van der Waals surface area contributed by atoms with Gasteiger partial charge in [0, 0.05) is 13.8 Å². The van der Waals surface area contributed by atoms with Crippen LogP contribution in [-0.2, 0) is 18.9 Å². The lowest BCUT2D eigenvalue weighted by Crippen LogP contribution is -2.59. The highest BCUT2D eigenvalue weighted by molar-refractivity contribution is 4.95. The largest absolute Gasteiger partial charge is 0.559 e. The zero-order valence-electron chi connectivity index (χ0n) is 19.8. The van der Waals surface area contributed by atoms with Crippen LogP contribution >= 0.6 is 0 Å². The predicted octanol–water partition coefficient (Wildman–Crippen LogP) is 7.67. The Kier molecular flexibility index (Phi) is 12.9. The monoisotopic (exact) mass is 630 g/mol. The van der Waals surface area contributed by atoms with Crippen molar-refractivity contribution in [3.8, 4) is 0 Å². The summed E-state index contributed by atoms with van der Waals surface area (Å²) >= 11 is 0. The molecule has 0 aliphatic carbocycles. The van der Waals surface area contributed by atoms with Crippen molar-refractivity contribution < 1.29 is 98.0 Å². The average Bonchev–Trinajstić information content (AvgIpc) is 3.29. The molecule has 0 aromatic carbocycles. The number of alkyl halides is 18. The molecule has 2 aliphatic heterocycles. The second kappa shape index (κ2) is 12.6. The summed E-state index contributed by atoms with van der Waals surface area (Å²) in [7, 11) is 0. The van der Waals surface area contributed by atoms with Crippen LogP contribution in [0.25, 0.3) is 0 Å². The third-order valence-corrected chi connectivity index (χ3v) is 4.38. The zero-order valence-corrected chi connectivity index (χ0v) is 19.8. The Morgan fingerprint density at radius 1 is 0.410 bits per heavy atom. The Labute approximate surface area is 207 Å². The second-order valence-corrected chi connectivity index (χ2v) is 7.63. The number of ether oxygens (including phenoxy) is 4. The molecule has 2 saturated heterocycles. The summed E-state index contributed by atoms with van der Waals surface area (Å²) in [6.45, 7) is 5.08. The molecule has 0 bridgehead atoms. The van der Waals surface area contributed by atoms with Gasteiger partial charge in [-0.2, -0.15) is 43.9 Å². The van der Waals surface area contributed by atoms with E-state index in [2.05, 4.69) is 0 Å². The van der Waals surface area contributed by atoms with Gasteiger partial charge < -0.3 is 18.9 Å². The van der Waals surface area contributed by atoms with Gasteiger partial charge >= 0.3 is 30.6 Å². The fourth-order valence-electron chi connectivity index (χ4n) is 1.89. The minimum Gasteiger partial charge on any atom is -0.343 e. The van der Waals surface area contributed by atoms with Gasteiger partial charge in [-0.1, -0.05) is 0 Å². The third-order valence-electron chi connectivity index (χ3n) is 4.38. The molecule has 0 aromatic rings. The first-order valence-electron chi connectivity index (χ1n) is 9.62. The van der Waals surface area contributed by atoms with Crippen molar-refractivity contribution in [2.45, 2.75) is 81.7 Å². The van der Waals surface area contributed by atoms with Gasteiger partial charge in [-0.15, -0.1) is 17.6 Å². The van der Waals surface area contributed by atoms with Gasteiger partial charge in [0.05, 0.1) is 26.4 Å². The standard InChI is InChI=1S/2C6H10F2O2.C4F10.CF4/c2*1-5(7,8)6(2)9-3-4-10-6;5-1(6,3(9,10)11)2(7,8)4(12,13)14;2-1(3,4)5/h2*3-4H2,1-2H3;;. The van der Waals surface area contributed by atoms with Crippen LogP contribution in [0.1, 0.15) is 27.7 Å². The van der Waals surface area contributed by atoms with E-state index < -0.39 is 54.0 Å². The Bertz CT molecular complexity index is 658. The number of hydrogen-bond acceptors (Lipinski definition) is 4. The molecule has 238 valence electrons. The summed E-state index contributed by atoms with van der Waals surface area (Å²) < 4.78 is 221. The molecule has 0 unspecified atom stereocenters. The van der Waals surface area contributed by atoms with Crippen LogP contribution in [0.3, 0.4) is 0 Å². The lowest BCUT2D eigenvalue weighted by molar-refractivity contribution is -0.419. The minimum atomic E-state index is -7.14. The van der Waals surface area contributed by atoms with Gasteiger partial charge in [0.15, 0.2) is 0 Å². The molecule has 0 amide bonds. The number of rotatable bonds is 3. The molecule has 0 atom stereocenters. The molecule has 0 radical (unpaired) electrons. The van der Waals surface area contributed by atoms with E-state index in [4.69, 9.17) is 18.9 Å². The lowest BCUT2D eigenvalue weighted by Gasteiger charge is -2.29. The smallest absolute Gasteiger partial charge is 0.343 e. The highest BCUT2D eigenvalue weighted by Gasteiger charge is 2.82. The Hall–Kier alpha value is -1.42. The SMILES string of the molecule is CC(F)(F)C1(C)OCCO1.CC(F)(F)C1(C)OCCO1.FC(F)(F)C(F)(F)C(F)(F)C(F)(F)F.FC(F)(F)F. The van der Waals surface area contributed by atoms with Crippen LogP contribution in [0, 0.1) is 0 Å². The molecule has 0 N–H and O–H groups in total. The van der Waals surface area contributed by atoms with E-state index in [1.807, 2.05) is 0 Å². The van der Waals surface area contributed by atoms with Crippen molar-refractivity contribution in [3.63, 3.8) is 0 Å². The Morgan fingerprint density at radius 3 is 0.641 bits per heavy atom. The summed E-state index contributed by atoms with van der Waals surface area (Å²) in [6, 6.07) is 0. The van der Waals surface area contributed by atoms with Gasteiger partial charge in [-0.25, -0.2) is 17.6 Å². The first-order chi connectivity index (χ1) is 16.7. The quantitative estimate of drug-likeness (QED) is 0.300. The van der Waals surface area contributed by atoms with E-state index in [9.17, 15) is 79.0 Å². The Morgan fingerprint density at radius 2 is 0.564 bits per heavy atom. The van der Waals surface area contributed by atoms with Crippen molar-refractivity contribution in [1.82, 2.24) is 0 Å². The molecule has 0 aromatic heterocycles. The fourth-order valence-corrected chi connectivity index (χ4v) is 1.89. The van der Waals surface area contributed by atoms with Gasteiger partial charge in [-0.3, -0.25) is 0 Å². The van der Waals surface area contributed by atoms with E-state index in [0.29, 0.717) is 0 Å².